The smallest absolute Gasteiger partial charge is 0.338 e. The Morgan fingerprint density at radius 1 is 1.57 bits per heavy atom. The summed E-state index contributed by atoms with van der Waals surface area (Å²) in [5.74, 6) is -0.857. The van der Waals surface area contributed by atoms with Gasteiger partial charge in [-0.1, -0.05) is 0 Å². The number of hydrogen-bond donors (Lipinski definition) is 0. The van der Waals surface area contributed by atoms with E-state index in [1.54, 1.807) is 19.9 Å². The third-order valence-electron chi connectivity index (χ3n) is 1.79. The van der Waals surface area contributed by atoms with Crippen LogP contribution in [-0.2, 0) is 4.74 Å². The topological polar surface area (TPSA) is 26.3 Å². The summed E-state index contributed by atoms with van der Waals surface area (Å²) in [6, 6.07) is 2.83. The van der Waals surface area contributed by atoms with Crippen LogP contribution in [0.25, 0.3) is 0 Å². The van der Waals surface area contributed by atoms with Crippen molar-refractivity contribution in [3.63, 3.8) is 0 Å². The van der Waals surface area contributed by atoms with Gasteiger partial charge in [-0.25, -0.2) is 9.18 Å². The van der Waals surface area contributed by atoms with Crippen molar-refractivity contribution in [2.24, 2.45) is 0 Å². The molecule has 1 aromatic carbocycles. The maximum Gasteiger partial charge on any atom is 0.338 e. The Morgan fingerprint density at radius 3 is 2.71 bits per heavy atom. The summed E-state index contributed by atoms with van der Waals surface area (Å²) in [6.45, 7) is 3.68. The second-order valence-electron chi connectivity index (χ2n) is 2.79. The zero-order chi connectivity index (χ0) is 10.7. The Balaban J connectivity index is 3.06. The number of rotatable bonds is 2. The first-order valence-electron chi connectivity index (χ1n) is 4.19. The lowest BCUT2D eigenvalue weighted by atomic mass is 10.1. The molecule has 0 spiro atoms. The van der Waals surface area contributed by atoms with Crippen LogP contribution in [-0.4, -0.2) is 12.6 Å². The van der Waals surface area contributed by atoms with Crippen molar-refractivity contribution in [3.05, 3.63) is 32.6 Å². The molecule has 0 atom stereocenters. The van der Waals surface area contributed by atoms with Gasteiger partial charge >= 0.3 is 5.97 Å². The van der Waals surface area contributed by atoms with Crippen LogP contribution in [0.4, 0.5) is 4.39 Å². The first kappa shape index (κ1) is 11.4. The third-order valence-corrected chi connectivity index (χ3v) is 2.91. The van der Waals surface area contributed by atoms with Gasteiger partial charge in [0.15, 0.2) is 0 Å². The molecule has 0 bridgehead atoms. The molecule has 0 saturated carbocycles. The van der Waals surface area contributed by atoms with E-state index in [4.69, 9.17) is 4.74 Å². The molecule has 0 aliphatic carbocycles. The van der Waals surface area contributed by atoms with Crippen LogP contribution in [0.2, 0.25) is 0 Å². The van der Waals surface area contributed by atoms with Crippen molar-refractivity contribution in [1.29, 1.82) is 0 Å². The number of carbonyl (C=O) groups excluding carboxylic acids is 1. The van der Waals surface area contributed by atoms with Gasteiger partial charge in [0.05, 0.1) is 12.2 Å². The van der Waals surface area contributed by atoms with Crippen molar-refractivity contribution in [1.82, 2.24) is 0 Å². The summed E-state index contributed by atoms with van der Waals surface area (Å²) in [5.41, 5.74) is 0.818. The molecule has 0 aliphatic heterocycles. The van der Waals surface area contributed by atoms with Gasteiger partial charge in [0.25, 0.3) is 0 Å². The summed E-state index contributed by atoms with van der Waals surface area (Å²) >= 11 is 1.99. The summed E-state index contributed by atoms with van der Waals surface area (Å²) in [7, 11) is 0. The molecule has 4 heteroatoms. The summed E-state index contributed by atoms with van der Waals surface area (Å²) < 4.78 is 18.7. The second kappa shape index (κ2) is 4.72. The number of carbonyl (C=O) groups is 1. The lowest BCUT2D eigenvalue weighted by molar-refractivity contribution is 0.0525. The molecule has 1 rings (SSSR count). The zero-order valence-electron chi connectivity index (χ0n) is 7.93. The van der Waals surface area contributed by atoms with Gasteiger partial charge in [0.2, 0.25) is 0 Å². The molecule has 0 amide bonds. The van der Waals surface area contributed by atoms with Crippen LogP contribution in [0.3, 0.4) is 0 Å². The Hall–Kier alpha value is -0.650. The SMILES string of the molecule is CCOC(=O)c1cc(F)c(C)c(I)c1. The van der Waals surface area contributed by atoms with Crippen molar-refractivity contribution in [2.75, 3.05) is 6.61 Å². The molecular weight excluding hydrogens is 298 g/mol. The van der Waals surface area contributed by atoms with Crippen LogP contribution >= 0.6 is 22.6 Å². The van der Waals surface area contributed by atoms with Crippen molar-refractivity contribution in [2.45, 2.75) is 13.8 Å². The second-order valence-corrected chi connectivity index (χ2v) is 3.95. The Morgan fingerprint density at radius 2 is 2.21 bits per heavy atom. The summed E-state index contributed by atoms with van der Waals surface area (Å²) in [6.07, 6.45) is 0. The van der Waals surface area contributed by atoms with Gasteiger partial charge < -0.3 is 4.74 Å². The predicted molar refractivity (Wildman–Crippen MR) is 59.8 cm³/mol. The van der Waals surface area contributed by atoms with Crippen molar-refractivity contribution in [3.8, 4) is 0 Å². The van der Waals surface area contributed by atoms with E-state index in [0.717, 1.165) is 3.57 Å². The highest BCUT2D eigenvalue weighted by molar-refractivity contribution is 14.1. The molecule has 0 heterocycles. The van der Waals surface area contributed by atoms with Gasteiger partial charge in [-0.05, 0) is 54.1 Å². The number of ether oxygens (including phenoxy) is 1. The van der Waals surface area contributed by atoms with Gasteiger partial charge in [0.1, 0.15) is 5.82 Å². The largest absolute Gasteiger partial charge is 0.462 e. The fourth-order valence-corrected chi connectivity index (χ4v) is 1.57. The standard InChI is InChI=1S/C10H10FIO2/c1-3-14-10(13)7-4-8(11)6(2)9(12)5-7/h4-5H,3H2,1-2H3. The maximum atomic E-state index is 13.2. The average molecular weight is 308 g/mol. The van der Waals surface area contributed by atoms with Crippen LogP contribution in [0.5, 0.6) is 0 Å². The van der Waals surface area contributed by atoms with Gasteiger partial charge in [0, 0.05) is 3.57 Å². The molecule has 1 aromatic rings. The highest BCUT2D eigenvalue weighted by Gasteiger charge is 2.11. The summed E-state index contributed by atoms with van der Waals surface area (Å²) in [5, 5.41) is 0. The maximum absolute atomic E-state index is 13.2. The van der Waals surface area contributed by atoms with E-state index < -0.39 is 5.97 Å². The average Bonchev–Trinajstić information content (AvgIpc) is 2.13. The monoisotopic (exact) mass is 308 g/mol. The lowest BCUT2D eigenvalue weighted by Crippen LogP contribution is -2.06. The highest BCUT2D eigenvalue weighted by atomic mass is 127. The first-order chi connectivity index (χ1) is 6.56. The fourth-order valence-electron chi connectivity index (χ4n) is 0.978. The molecule has 0 N–H and O–H groups in total. The minimum absolute atomic E-state index is 0.263. The van der Waals surface area contributed by atoms with Gasteiger partial charge in [-0.2, -0.15) is 0 Å². The number of esters is 1. The van der Waals surface area contributed by atoms with Crippen molar-refractivity contribution < 1.29 is 13.9 Å². The molecule has 0 fully saturated rings. The number of benzene rings is 1. The molecule has 0 aliphatic rings. The number of halogens is 2. The van der Waals surface area contributed by atoms with E-state index in [1.807, 2.05) is 22.6 Å². The van der Waals surface area contributed by atoms with E-state index in [9.17, 15) is 9.18 Å². The Labute approximate surface area is 95.6 Å². The first-order valence-corrected chi connectivity index (χ1v) is 5.27. The minimum atomic E-state index is -0.482. The van der Waals surface area contributed by atoms with E-state index in [1.165, 1.54) is 6.07 Å². The molecule has 0 saturated heterocycles. The third kappa shape index (κ3) is 2.43. The molecule has 0 radical (unpaired) electrons. The molecule has 2 nitrogen and oxygen atoms in total. The normalized spacial score (nSPS) is 10.0. The van der Waals surface area contributed by atoms with E-state index in [0.29, 0.717) is 12.2 Å². The minimum Gasteiger partial charge on any atom is -0.462 e. The van der Waals surface area contributed by atoms with Crippen LogP contribution < -0.4 is 0 Å². The molecule has 0 aromatic heterocycles. The van der Waals surface area contributed by atoms with Crippen LogP contribution in [0.1, 0.15) is 22.8 Å². The molecule has 14 heavy (non-hydrogen) atoms. The van der Waals surface area contributed by atoms with Gasteiger partial charge in [-0.3, -0.25) is 0 Å². The van der Waals surface area contributed by atoms with E-state index in [2.05, 4.69) is 0 Å². The van der Waals surface area contributed by atoms with E-state index >= 15 is 0 Å². The molecule has 0 unspecified atom stereocenters. The van der Waals surface area contributed by atoms with Crippen LogP contribution in [0, 0.1) is 16.3 Å². The van der Waals surface area contributed by atoms with Gasteiger partial charge in [-0.15, -0.1) is 0 Å². The Bertz CT molecular complexity index is 340. The fraction of sp³-hybridized carbons (Fsp3) is 0.300. The van der Waals surface area contributed by atoms with E-state index in [-0.39, 0.29) is 11.4 Å². The van der Waals surface area contributed by atoms with Crippen molar-refractivity contribution >= 4 is 28.6 Å². The predicted octanol–water partition coefficient (Wildman–Crippen LogP) is 2.92. The number of hydrogen-bond acceptors (Lipinski definition) is 2. The zero-order valence-corrected chi connectivity index (χ0v) is 10.1. The van der Waals surface area contributed by atoms with Crippen LogP contribution in [0.15, 0.2) is 12.1 Å². The lowest BCUT2D eigenvalue weighted by Gasteiger charge is -2.05. The quantitative estimate of drug-likeness (QED) is 0.620. The Kier molecular flexibility index (Phi) is 3.86. The molecule has 76 valence electrons. The molecular formula is C10H10FIO2. The summed E-state index contributed by atoms with van der Waals surface area (Å²) in [4.78, 5) is 11.3. The highest BCUT2D eigenvalue weighted by Crippen LogP contribution is 2.18.